The Balaban J connectivity index is 2.67. The number of aliphatic hydroxyl groups is 1. The van der Waals surface area contributed by atoms with E-state index in [0.29, 0.717) is 12.5 Å². The lowest BCUT2D eigenvalue weighted by Gasteiger charge is -2.25. The molecule has 0 fully saturated rings. The Morgan fingerprint density at radius 1 is 1.21 bits per heavy atom. The van der Waals surface area contributed by atoms with Gasteiger partial charge < -0.3 is 9.84 Å². The molecule has 1 atom stereocenters. The number of rotatable bonds is 8. The van der Waals surface area contributed by atoms with Crippen LogP contribution in [-0.4, -0.2) is 17.3 Å². The van der Waals surface area contributed by atoms with E-state index in [2.05, 4.69) is 26.0 Å². The maximum atomic E-state index is 10.2. The minimum absolute atomic E-state index is 0.367. The van der Waals surface area contributed by atoms with Gasteiger partial charge in [-0.2, -0.15) is 0 Å². The van der Waals surface area contributed by atoms with Gasteiger partial charge in [-0.25, -0.2) is 0 Å². The quantitative estimate of drug-likeness (QED) is 0.748. The molecule has 1 rings (SSSR count). The van der Waals surface area contributed by atoms with E-state index in [1.807, 2.05) is 26.0 Å². The molecule has 108 valence electrons. The Bertz CT molecular complexity index is 369. The first-order valence-electron chi connectivity index (χ1n) is 7.49. The van der Waals surface area contributed by atoms with Gasteiger partial charge in [0.15, 0.2) is 0 Å². The third-order valence-electron chi connectivity index (χ3n) is 3.97. The average molecular weight is 264 g/mol. The second-order valence-electron chi connectivity index (χ2n) is 5.48. The van der Waals surface area contributed by atoms with Crippen LogP contribution in [-0.2, 0) is 0 Å². The summed E-state index contributed by atoms with van der Waals surface area (Å²) in [7, 11) is 0. The van der Waals surface area contributed by atoms with Crippen molar-refractivity contribution in [1.29, 1.82) is 0 Å². The van der Waals surface area contributed by atoms with Gasteiger partial charge in [-0.15, -0.1) is 0 Å². The van der Waals surface area contributed by atoms with Crippen LogP contribution in [0.15, 0.2) is 24.3 Å². The third-order valence-corrected chi connectivity index (χ3v) is 3.97. The van der Waals surface area contributed by atoms with E-state index in [0.717, 1.165) is 18.6 Å². The predicted molar refractivity (Wildman–Crippen MR) is 80.8 cm³/mol. The molecular weight excluding hydrogens is 236 g/mol. The van der Waals surface area contributed by atoms with Crippen molar-refractivity contribution in [1.82, 2.24) is 0 Å². The third kappa shape index (κ3) is 4.87. The van der Waals surface area contributed by atoms with Crippen LogP contribution < -0.4 is 4.74 Å². The zero-order chi connectivity index (χ0) is 14.3. The molecule has 0 bridgehead atoms. The van der Waals surface area contributed by atoms with Crippen LogP contribution in [0.4, 0.5) is 0 Å². The van der Waals surface area contributed by atoms with E-state index in [9.17, 15) is 5.11 Å². The highest BCUT2D eigenvalue weighted by Crippen LogP contribution is 2.25. The van der Waals surface area contributed by atoms with E-state index < -0.39 is 5.60 Å². The fraction of sp³-hybridized carbons (Fsp3) is 0.647. The number of benzene rings is 1. The highest BCUT2D eigenvalue weighted by atomic mass is 16.5. The van der Waals surface area contributed by atoms with Gasteiger partial charge in [-0.1, -0.05) is 46.2 Å². The normalized spacial score (nSPS) is 13.3. The molecule has 0 aromatic heterocycles. The first-order chi connectivity index (χ1) is 9.04. The van der Waals surface area contributed by atoms with E-state index >= 15 is 0 Å². The standard InChI is InChI=1S/C17H28O2/c1-5-9-14(4)15-10-8-11-16(12-15)19-13-17(18,6-2)7-3/h8,10-12,14,18H,5-7,9,13H2,1-4H3/t14-/m1/s1. The SMILES string of the molecule is CCC[C@@H](C)c1cccc(OCC(O)(CC)CC)c1. The zero-order valence-electron chi connectivity index (χ0n) is 12.8. The largest absolute Gasteiger partial charge is 0.491 e. The molecule has 0 unspecified atom stereocenters. The van der Waals surface area contributed by atoms with Gasteiger partial charge in [0.25, 0.3) is 0 Å². The second kappa shape index (κ2) is 7.54. The van der Waals surface area contributed by atoms with Crippen molar-refractivity contribution in [2.45, 2.75) is 64.9 Å². The lowest BCUT2D eigenvalue weighted by Crippen LogP contribution is -2.34. The van der Waals surface area contributed by atoms with Gasteiger partial charge in [0.2, 0.25) is 0 Å². The molecule has 0 aliphatic rings. The van der Waals surface area contributed by atoms with E-state index in [1.54, 1.807) is 0 Å². The molecule has 2 heteroatoms. The van der Waals surface area contributed by atoms with Crippen molar-refractivity contribution < 1.29 is 9.84 Å². The van der Waals surface area contributed by atoms with E-state index in [1.165, 1.54) is 18.4 Å². The van der Waals surface area contributed by atoms with Crippen LogP contribution in [0.25, 0.3) is 0 Å². The van der Waals surface area contributed by atoms with Crippen LogP contribution in [0, 0.1) is 0 Å². The van der Waals surface area contributed by atoms with Gasteiger partial charge in [-0.3, -0.25) is 0 Å². The van der Waals surface area contributed by atoms with Crippen molar-refractivity contribution in [3.63, 3.8) is 0 Å². The highest BCUT2D eigenvalue weighted by molar-refractivity contribution is 5.30. The summed E-state index contributed by atoms with van der Waals surface area (Å²) in [5, 5.41) is 10.2. The summed E-state index contributed by atoms with van der Waals surface area (Å²) in [4.78, 5) is 0. The molecule has 0 amide bonds. The van der Waals surface area contributed by atoms with Gasteiger partial charge in [0.1, 0.15) is 12.4 Å². The van der Waals surface area contributed by atoms with Crippen LogP contribution in [0.3, 0.4) is 0 Å². The Morgan fingerprint density at radius 3 is 2.47 bits per heavy atom. The number of hydrogen-bond acceptors (Lipinski definition) is 2. The van der Waals surface area contributed by atoms with Crippen molar-refractivity contribution in [2.75, 3.05) is 6.61 Å². The predicted octanol–water partition coefficient (Wildman–Crippen LogP) is 4.52. The molecular formula is C17H28O2. The molecule has 1 aromatic carbocycles. The summed E-state index contributed by atoms with van der Waals surface area (Å²) in [5.41, 5.74) is 0.612. The molecule has 0 saturated heterocycles. The first kappa shape index (κ1) is 16.0. The zero-order valence-corrected chi connectivity index (χ0v) is 12.8. The van der Waals surface area contributed by atoms with Crippen LogP contribution in [0.1, 0.15) is 64.9 Å². The van der Waals surface area contributed by atoms with Crippen LogP contribution in [0.2, 0.25) is 0 Å². The van der Waals surface area contributed by atoms with Crippen molar-refractivity contribution in [3.8, 4) is 5.75 Å². The summed E-state index contributed by atoms with van der Waals surface area (Å²) >= 11 is 0. The molecule has 19 heavy (non-hydrogen) atoms. The summed E-state index contributed by atoms with van der Waals surface area (Å²) in [6.07, 6.45) is 3.82. The van der Waals surface area contributed by atoms with Gasteiger partial charge in [0, 0.05) is 0 Å². The Kier molecular flexibility index (Phi) is 6.36. The minimum Gasteiger partial charge on any atom is -0.491 e. The summed E-state index contributed by atoms with van der Waals surface area (Å²) in [5.74, 6) is 1.42. The maximum Gasteiger partial charge on any atom is 0.119 e. The fourth-order valence-electron chi connectivity index (χ4n) is 2.18. The van der Waals surface area contributed by atoms with E-state index in [4.69, 9.17) is 4.74 Å². The molecule has 0 aliphatic heterocycles. The van der Waals surface area contributed by atoms with Crippen molar-refractivity contribution in [2.24, 2.45) is 0 Å². The molecule has 0 saturated carbocycles. The molecule has 0 heterocycles. The van der Waals surface area contributed by atoms with Crippen LogP contribution in [0.5, 0.6) is 5.75 Å². The Labute approximate surface area is 117 Å². The highest BCUT2D eigenvalue weighted by Gasteiger charge is 2.23. The molecule has 0 spiro atoms. The second-order valence-corrected chi connectivity index (χ2v) is 5.48. The Hall–Kier alpha value is -1.02. The van der Waals surface area contributed by atoms with Crippen molar-refractivity contribution in [3.05, 3.63) is 29.8 Å². The van der Waals surface area contributed by atoms with E-state index in [-0.39, 0.29) is 0 Å². The summed E-state index contributed by atoms with van der Waals surface area (Å²) < 4.78 is 5.77. The molecule has 2 nitrogen and oxygen atoms in total. The monoisotopic (exact) mass is 264 g/mol. The summed E-state index contributed by atoms with van der Waals surface area (Å²) in [6.45, 7) is 8.81. The molecule has 0 aliphatic carbocycles. The molecule has 1 N–H and O–H groups in total. The average Bonchev–Trinajstić information content (AvgIpc) is 2.45. The lowest BCUT2D eigenvalue weighted by molar-refractivity contribution is -0.0113. The number of hydrogen-bond donors (Lipinski definition) is 1. The topological polar surface area (TPSA) is 29.5 Å². The van der Waals surface area contributed by atoms with Gasteiger partial charge in [-0.05, 0) is 42.9 Å². The lowest BCUT2D eigenvalue weighted by atomic mass is 9.96. The van der Waals surface area contributed by atoms with Crippen molar-refractivity contribution >= 4 is 0 Å². The fourth-order valence-corrected chi connectivity index (χ4v) is 2.18. The first-order valence-corrected chi connectivity index (χ1v) is 7.49. The smallest absolute Gasteiger partial charge is 0.119 e. The molecule has 1 aromatic rings. The maximum absolute atomic E-state index is 10.2. The van der Waals surface area contributed by atoms with Crippen LogP contribution >= 0.6 is 0 Å². The molecule has 0 radical (unpaired) electrons. The Morgan fingerprint density at radius 2 is 1.89 bits per heavy atom. The summed E-state index contributed by atoms with van der Waals surface area (Å²) in [6, 6.07) is 8.26. The minimum atomic E-state index is -0.703. The van der Waals surface area contributed by atoms with Gasteiger partial charge in [0.05, 0.1) is 5.60 Å². The van der Waals surface area contributed by atoms with Gasteiger partial charge >= 0.3 is 0 Å². The number of ether oxygens (including phenoxy) is 1.